The maximum Gasteiger partial charge on any atom is -0.0133 e. The maximum absolute atomic E-state index is 2.73. The second-order valence-electron chi connectivity index (χ2n) is 12.8. The maximum atomic E-state index is 2.73. The van der Waals surface area contributed by atoms with E-state index < -0.39 is 0 Å². The van der Waals surface area contributed by atoms with E-state index in [-0.39, 0.29) is 0 Å². The molecule has 6 aliphatic rings. The van der Waals surface area contributed by atoms with Gasteiger partial charge in [0.2, 0.25) is 0 Å². The average molecular weight is 369 g/mol. The summed E-state index contributed by atoms with van der Waals surface area (Å²) in [5, 5.41) is 0. The van der Waals surface area contributed by atoms with E-state index in [9.17, 15) is 0 Å². The Bertz CT molecular complexity index is 662. The molecule has 0 radical (unpaired) electrons. The van der Waals surface area contributed by atoms with Gasteiger partial charge in [0.15, 0.2) is 0 Å². The Hall–Kier alpha value is -0.260. The topological polar surface area (TPSA) is 0 Å². The lowest BCUT2D eigenvalue weighted by atomic mass is 9.41. The zero-order chi connectivity index (χ0) is 19.4. The van der Waals surface area contributed by atoms with Gasteiger partial charge in [-0.1, -0.05) is 52.2 Å². The number of allylic oxidation sites excluding steroid dienone is 2. The molecule has 0 aromatic heterocycles. The molecule has 0 aromatic rings. The van der Waals surface area contributed by atoms with E-state index in [0.29, 0.717) is 10.8 Å². The van der Waals surface area contributed by atoms with Crippen LogP contribution in [0.3, 0.4) is 0 Å². The molecule has 6 saturated carbocycles. The van der Waals surface area contributed by atoms with Gasteiger partial charge in [-0.05, 0) is 116 Å². The Morgan fingerprint density at radius 1 is 1.11 bits per heavy atom. The number of fused-ring (bicyclic) bond motifs is 3. The number of rotatable bonds is 4. The molecule has 0 N–H and O–H groups in total. The summed E-state index contributed by atoms with van der Waals surface area (Å²) in [6.07, 6.45) is 12.2. The number of hydrogen-bond donors (Lipinski definition) is 0. The Labute approximate surface area is 169 Å². The van der Waals surface area contributed by atoms with Crippen molar-refractivity contribution in [3.63, 3.8) is 0 Å². The first-order valence-corrected chi connectivity index (χ1v) is 12.3. The van der Waals surface area contributed by atoms with Gasteiger partial charge >= 0.3 is 0 Å². The lowest BCUT2D eigenvalue weighted by molar-refractivity contribution is -0.142. The molecule has 6 rings (SSSR count). The molecule has 27 heavy (non-hydrogen) atoms. The smallest absolute Gasteiger partial charge is 0.0133 e. The predicted octanol–water partition coefficient (Wildman–Crippen LogP) is 7.88. The summed E-state index contributed by atoms with van der Waals surface area (Å²) in [6, 6.07) is 0. The van der Waals surface area contributed by atoms with Crippen LogP contribution in [0, 0.1) is 57.7 Å². The van der Waals surface area contributed by atoms with Crippen LogP contribution in [0.2, 0.25) is 0 Å². The molecule has 0 aromatic carbocycles. The van der Waals surface area contributed by atoms with Crippen molar-refractivity contribution < 1.29 is 0 Å². The Morgan fingerprint density at radius 2 is 1.85 bits per heavy atom. The van der Waals surface area contributed by atoms with Crippen LogP contribution in [0.4, 0.5) is 0 Å². The molecule has 4 bridgehead atoms. The van der Waals surface area contributed by atoms with Crippen molar-refractivity contribution in [2.24, 2.45) is 57.7 Å². The zero-order valence-corrected chi connectivity index (χ0v) is 19.2. The SMILES string of the molecule is CCC1C(C(C)C)CC1(C)CC1C(=C(C)C)C2CC1CC13CCC(C1)C23C. The normalized spacial score (nSPS) is 55.3. The second kappa shape index (κ2) is 5.66. The third kappa shape index (κ3) is 2.12. The van der Waals surface area contributed by atoms with Crippen LogP contribution in [-0.4, -0.2) is 0 Å². The molecule has 152 valence electrons. The highest BCUT2D eigenvalue weighted by Crippen LogP contribution is 2.82. The van der Waals surface area contributed by atoms with Crippen LogP contribution in [0.15, 0.2) is 11.1 Å². The third-order valence-electron chi connectivity index (χ3n) is 11.5. The van der Waals surface area contributed by atoms with Crippen LogP contribution in [0.25, 0.3) is 0 Å². The van der Waals surface area contributed by atoms with Gasteiger partial charge in [0.25, 0.3) is 0 Å². The first-order valence-electron chi connectivity index (χ1n) is 12.3. The lowest BCUT2D eigenvalue weighted by Crippen LogP contribution is -2.56. The highest BCUT2D eigenvalue weighted by atomic mass is 14.8. The molecule has 0 heteroatoms. The monoisotopic (exact) mass is 368 g/mol. The standard InChI is InChI=1S/C27H44/c1-8-22-20(16(2)3)14-25(22,6)15-21-18-11-23(24(21)17(4)5)26(7)19-9-10-27(26,12-18)13-19/h16,18-23H,8-15H2,1-7H3. The minimum atomic E-state index is 0.614. The van der Waals surface area contributed by atoms with E-state index in [1.807, 2.05) is 5.57 Å². The molecule has 1 spiro atoms. The molecule has 6 aliphatic carbocycles. The van der Waals surface area contributed by atoms with Crippen molar-refractivity contribution in [3.05, 3.63) is 11.1 Å². The fourth-order valence-corrected chi connectivity index (χ4v) is 10.3. The Morgan fingerprint density at radius 3 is 2.44 bits per heavy atom. The molecular formula is C27H44. The minimum absolute atomic E-state index is 0.614. The molecule has 6 fully saturated rings. The summed E-state index contributed by atoms with van der Waals surface area (Å²) < 4.78 is 0. The van der Waals surface area contributed by atoms with Crippen LogP contribution in [-0.2, 0) is 0 Å². The van der Waals surface area contributed by atoms with E-state index in [1.165, 1.54) is 19.3 Å². The summed E-state index contributed by atoms with van der Waals surface area (Å²) in [6.45, 7) is 17.7. The fourth-order valence-electron chi connectivity index (χ4n) is 10.3. The highest BCUT2D eigenvalue weighted by Gasteiger charge is 2.74. The average Bonchev–Trinajstić information content (AvgIpc) is 3.22. The molecule has 0 heterocycles. The van der Waals surface area contributed by atoms with Gasteiger partial charge in [0.05, 0.1) is 0 Å². The van der Waals surface area contributed by atoms with E-state index in [4.69, 9.17) is 0 Å². The Balaban J connectivity index is 1.45. The van der Waals surface area contributed by atoms with Gasteiger partial charge in [-0.15, -0.1) is 0 Å². The minimum Gasteiger partial charge on any atom is -0.0766 e. The summed E-state index contributed by atoms with van der Waals surface area (Å²) in [4.78, 5) is 0. The van der Waals surface area contributed by atoms with Crippen molar-refractivity contribution in [2.45, 2.75) is 99.8 Å². The van der Waals surface area contributed by atoms with Gasteiger partial charge in [-0.25, -0.2) is 0 Å². The van der Waals surface area contributed by atoms with Crippen molar-refractivity contribution in [1.29, 1.82) is 0 Å². The van der Waals surface area contributed by atoms with Gasteiger partial charge in [-0.2, -0.15) is 0 Å². The zero-order valence-electron chi connectivity index (χ0n) is 19.2. The van der Waals surface area contributed by atoms with Gasteiger partial charge < -0.3 is 0 Å². The molecule has 0 aliphatic heterocycles. The fraction of sp³-hybridized carbons (Fsp3) is 0.926. The molecule has 9 unspecified atom stereocenters. The lowest BCUT2D eigenvalue weighted by Gasteiger charge is -2.63. The van der Waals surface area contributed by atoms with E-state index in [1.54, 1.807) is 37.7 Å². The summed E-state index contributed by atoms with van der Waals surface area (Å²) in [5.74, 6) is 6.77. The first kappa shape index (κ1) is 18.7. The molecular weight excluding hydrogens is 324 g/mol. The van der Waals surface area contributed by atoms with Crippen LogP contribution >= 0.6 is 0 Å². The van der Waals surface area contributed by atoms with Gasteiger partial charge in [-0.3, -0.25) is 0 Å². The quantitative estimate of drug-likeness (QED) is 0.443. The van der Waals surface area contributed by atoms with Crippen LogP contribution in [0.5, 0.6) is 0 Å². The van der Waals surface area contributed by atoms with Crippen LogP contribution in [0.1, 0.15) is 99.8 Å². The van der Waals surface area contributed by atoms with Crippen molar-refractivity contribution in [3.8, 4) is 0 Å². The molecule has 9 atom stereocenters. The summed E-state index contributed by atoms with van der Waals surface area (Å²) in [7, 11) is 0. The van der Waals surface area contributed by atoms with Crippen molar-refractivity contribution >= 4 is 0 Å². The second-order valence-corrected chi connectivity index (χ2v) is 12.8. The van der Waals surface area contributed by atoms with E-state index in [2.05, 4.69) is 48.5 Å². The van der Waals surface area contributed by atoms with E-state index in [0.717, 1.165) is 46.8 Å². The van der Waals surface area contributed by atoms with Crippen molar-refractivity contribution in [2.75, 3.05) is 0 Å². The van der Waals surface area contributed by atoms with E-state index >= 15 is 0 Å². The third-order valence-corrected chi connectivity index (χ3v) is 11.5. The highest BCUT2D eigenvalue weighted by molar-refractivity contribution is 5.35. The molecule has 0 saturated heterocycles. The molecule has 0 amide bonds. The van der Waals surface area contributed by atoms with Crippen LogP contribution < -0.4 is 0 Å². The first-order chi connectivity index (χ1) is 12.7. The number of hydrogen-bond acceptors (Lipinski definition) is 0. The summed E-state index contributed by atoms with van der Waals surface area (Å²) in [5.41, 5.74) is 5.72. The Kier molecular flexibility index (Phi) is 3.93. The largest absolute Gasteiger partial charge is 0.0766 e. The predicted molar refractivity (Wildman–Crippen MR) is 115 cm³/mol. The summed E-state index contributed by atoms with van der Waals surface area (Å²) >= 11 is 0. The van der Waals surface area contributed by atoms with Gasteiger partial charge in [0.1, 0.15) is 0 Å². The van der Waals surface area contributed by atoms with Gasteiger partial charge in [0, 0.05) is 0 Å². The molecule has 0 nitrogen and oxygen atoms in total. The van der Waals surface area contributed by atoms with Crippen molar-refractivity contribution in [1.82, 2.24) is 0 Å².